The second kappa shape index (κ2) is 5.86. The normalized spacial score (nSPS) is 11.2. The maximum absolute atomic E-state index is 5.92. The lowest BCUT2D eigenvalue weighted by Crippen LogP contribution is -2.12. The number of hydrogen-bond donors (Lipinski definition) is 1. The number of nitrogens with zero attached hydrogens (tertiary/aromatic N) is 3. The van der Waals surface area contributed by atoms with Crippen LogP contribution in [0.15, 0.2) is 47.0 Å². The van der Waals surface area contributed by atoms with Crippen LogP contribution in [0.1, 0.15) is 0 Å². The standard InChI is InChI=1S/C17H16N4O3/c1-22-12-2-3-14-11(8-12)9-15(24-14)13-10-19-16-4-5-17(20-21(13)16)23-7-6-18/h2-5,8-10H,6-7,18H2,1H3. The van der Waals surface area contributed by atoms with E-state index in [4.69, 9.17) is 19.6 Å². The van der Waals surface area contributed by atoms with Gasteiger partial charge in [0.05, 0.1) is 13.3 Å². The summed E-state index contributed by atoms with van der Waals surface area (Å²) in [6, 6.07) is 11.2. The van der Waals surface area contributed by atoms with E-state index in [2.05, 4.69) is 10.1 Å². The summed E-state index contributed by atoms with van der Waals surface area (Å²) in [6.45, 7) is 0.842. The molecule has 3 heterocycles. The van der Waals surface area contributed by atoms with E-state index in [1.165, 1.54) is 0 Å². The molecule has 0 fully saturated rings. The molecule has 2 N–H and O–H groups in total. The van der Waals surface area contributed by atoms with Gasteiger partial charge in [0.2, 0.25) is 5.88 Å². The molecule has 7 heteroatoms. The van der Waals surface area contributed by atoms with E-state index in [0.29, 0.717) is 30.4 Å². The zero-order valence-corrected chi connectivity index (χ0v) is 13.1. The number of methoxy groups -OCH3 is 1. The number of nitrogens with two attached hydrogens (primary N) is 1. The highest BCUT2D eigenvalue weighted by Crippen LogP contribution is 2.30. The first-order valence-corrected chi connectivity index (χ1v) is 7.54. The van der Waals surface area contributed by atoms with Crippen molar-refractivity contribution in [1.29, 1.82) is 0 Å². The van der Waals surface area contributed by atoms with E-state index < -0.39 is 0 Å². The first-order chi connectivity index (χ1) is 11.8. The summed E-state index contributed by atoms with van der Waals surface area (Å²) in [5.74, 6) is 1.95. The Labute approximate surface area is 137 Å². The van der Waals surface area contributed by atoms with Crippen LogP contribution in [0.3, 0.4) is 0 Å². The zero-order chi connectivity index (χ0) is 16.5. The van der Waals surface area contributed by atoms with Crippen LogP contribution in [0.25, 0.3) is 28.1 Å². The number of aromatic nitrogens is 3. The van der Waals surface area contributed by atoms with Crippen LogP contribution >= 0.6 is 0 Å². The van der Waals surface area contributed by atoms with E-state index in [1.807, 2.05) is 30.3 Å². The summed E-state index contributed by atoms with van der Waals surface area (Å²) in [5.41, 5.74) is 7.69. The number of ether oxygens (including phenoxy) is 2. The molecule has 0 aliphatic heterocycles. The fourth-order valence-electron chi connectivity index (χ4n) is 2.54. The van der Waals surface area contributed by atoms with Crippen molar-refractivity contribution in [2.24, 2.45) is 5.73 Å². The Morgan fingerprint density at radius 1 is 1.21 bits per heavy atom. The van der Waals surface area contributed by atoms with Crippen molar-refractivity contribution in [3.8, 4) is 23.1 Å². The van der Waals surface area contributed by atoms with Crippen molar-refractivity contribution in [2.45, 2.75) is 0 Å². The maximum atomic E-state index is 5.92. The Kier molecular flexibility index (Phi) is 3.55. The van der Waals surface area contributed by atoms with Crippen LogP contribution in [0.2, 0.25) is 0 Å². The number of rotatable bonds is 5. The van der Waals surface area contributed by atoms with Crippen LogP contribution in [-0.2, 0) is 0 Å². The fourth-order valence-corrected chi connectivity index (χ4v) is 2.54. The van der Waals surface area contributed by atoms with E-state index in [-0.39, 0.29) is 0 Å². The molecule has 0 radical (unpaired) electrons. The number of furan rings is 1. The molecule has 0 saturated carbocycles. The minimum absolute atomic E-state index is 0.410. The number of hydrogen-bond acceptors (Lipinski definition) is 6. The quantitative estimate of drug-likeness (QED) is 0.607. The predicted molar refractivity (Wildman–Crippen MR) is 89.3 cm³/mol. The summed E-state index contributed by atoms with van der Waals surface area (Å²) in [7, 11) is 1.64. The monoisotopic (exact) mass is 324 g/mol. The Morgan fingerprint density at radius 3 is 2.96 bits per heavy atom. The van der Waals surface area contributed by atoms with Crippen molar-refractivity contribution in [3.63, 3.8) is 0 Å². The maximum Gasteiger partial charge on any atom is 0.231 e. The van der Waals surface area contributed by atoms with Gasteiger partial charge in [-0.15, -0.1) is 5.10 Å². The lowest BCUT2D eigenvalue weighted by atomic mass is 10.2. The fraction of sp³-hybridized carbons (Fsp3) is 0.176. The molecule has 3 aromatic heterocycles. The van der Waals surface area contributed by atoms with Crippen LogP contribution in [-0.4, -0.2) is 34.9 Å². The second-order valence-corrected chi connectivity index (χ2v) is 5.24. The third-order valence-corrected chi connectivity index (χ3v) is 3.68. The molecule has 0 unspecified atom stereocenters. The van der Waals surface area contributed by atoms with E-state index >= 15 is 0 Å². The van der Waals surface area contributed by atoms with Gasteiger partial charge in [0.25, 0.3) is 0 Å². The molecule has 0 atom stereocenters. The topological polar surface area (TPSA) is 87.8 Å². The van der Waals surface area contributed by atoms with E-state index in [0.717, 1.165) is 22.4 Å². The summed E-state index contributed by atoms with van der Waals surface area (Å²) < 4.78 is 18.3. The van der Waals surface area contributed by atoms with Gasteiger partial charge < -0.3 is 19.6 Å². The highest BCUT2D eigenvalue weighted by atomic mass is 16.5. The first kappa shape index (κ1) is 14.5. The summed E-state index contributed by atoms with van der Waals surface area (Å²) in [4.78, 5) is 4.36. The van der Waals surface area contributed by atoms with Crippen LogP contribution in [0.4, 0.5) is 0 Å². The molecule has 122 valence electrons. The van der Waals surface area contributed by atoms with Gasteiger partial charge in [-0.1, -0.05) is 0 Å². The zero-order valence-electron chi connectivity index (χ0n) is 13.1. The van der Waals surface area contributed by atoms with Crippen LogP contribution in [0.5, 0.6) is 11.6 Å². The Bertz CT molecular complexity index is 1010. The molecule has 4 aromatic rings. The highest BCUT2D eigenvalue weighted by molar-refractivity contribution is 5.83. The minimum atomic E-state index is 0.410. The van der Waals surface area contributed by atoms with E-state index in [9.17, 15) is 0 Å². The Morgan fingerprint density at radius 2 is 2.12 bits per heavy atom. The third-order valence-electron chi connectivity index (χ3n) is 3.68. The molecule has 24 heavy (non-hydrogen) atoms. The van der Waals surface area contributed by atoms with Crippen molar-refractivity contribution in [2.75, 3.05) is 20.3 Å². The highest BCUT2D eigenvalue weighted by Gasteiger charge is 2.13. The Hall–Kier alpha value is -3.06. The van der Waals surface area contributed by atoms with E-state index in [1.54, 1.807) is 23.9 Å². The van der Waals surface area contributed by atoms with Crippen molar-refractivity contribution < 1.29 is 13.9 Å². The summed E-state index contributed by atoms with van der Waals surface area (Å²) >= 11 is 0. The van der Waals surface area contributed by atoms with Gasteiger partial charge in [0.15, 0.2) is 11.4 Å². The number of fused-ring (bicyclic) bond motifs is 2. The average Bonchev–Trinajstić information content (AvgIpc) is 3.22. The van der Waals surface area contributed by atoms with Gasteiger partial charge in [0, 0.05) is 18.0 Å². The number of imidazole rings is 1. The summed E-state index contributed by atoms with van der Waals surface area (Å²) in [6.07, 6.45) is 1.73. The molecule has 7 nitrogen and oxygen atoms in total. The molecule has 0 aliphatic carbocycles. The van der Waals surface area contributed by atoms with Crippen molar-refractivity contribution >= 4 is 16.6 Å². The van der Waals surface area contributed by atoms with Gasteiger partial charge >= 0.3 is 0 Å². The molecule has 1 aromatic carbocycles. The molecule has 0 aliphatic rings. The van der Waals surface area contributed by atoms with Crippen LogP contribution < -0.4 is 15.2 Å². The van der Waals surface area contributed by atoms with Crippen LogP contribution in [0, 0.1) is 0 Å². The molecule has 4 rings (SSSR count). The average molecular weight is 324 g/mol. The molecule has 0 amide bonds. The van der Waals surface area contributed by atoms with Gasteiger partial charge in [0.1, 0.15) is 23.6 Å². The minimum Gasteiger partial charge on any atom is -0.497 e. The van der Waals surface area contributed by atoms with Gasteiger partial charge in [-0.3, -0.25) is 0 Å². The van der Waals surface area contributed by atoms with Gasteiger partial charge in [-0.05, 0) is 30.3 Å². The number of benzene rings is 1. The molecular weight excluding hydrogens is 308 g/mol. The van der Waals surface area contributed by atoms with Crippen molar-refractivity contribution in [3.05, 3.63) is 42.6 Å². The lowest BCUT2D eigenvalue weighted by Gasteiger charge is -2.04. The lowest BCUT2D eigenvalue weighted by molar-refractivity contribution is 0.310. The molecule has 0 bridgehead atoms. The second-order valence-electron chi connectivity index (χ2n) is 5.24. The van der Waals surface area contributed by atoms with Crippen molar-refractivity contribution in [1.82, 2.24) is 14.6 Å². The van der Waals surface area contributed by atoms with Gasteiger partial charge in [-0.2, -0.15) is 0 Å². The van der Waals surface area contributed by atoms with Gasteiger partial charge in [-0.25, -0.2) is 9.50 Å². The smallest absolute Gasteiger partial charge is 0.231 e. The molecule has 0 saturated heterocycles. The predicted octanol–water partition coefficient (Wildman–Crippen LogP) is 2.49. The first-order valence-electron chi connectivity index (χ1n) is 7.54. The SMILES string of the molecule is COc1ccc2oc(-c3cnc4ccc(OCCN)nn34)cc2c1. The Balaban J connectivity index is 1.80. The molecular formula is C17H16N4O3. The third kappa shape index (κ3) is 2.44. The largest absolute Gasteiger partial charge is 0.497 e. The molecule has 0 spiro atoms. The summed E-state index contributed by atoms with van der Waals surface area (Å²) in [5, 5.41) is 5.40.